The first-order chi connectivity index (χ1) is 22.9. The molecule has 0 aromatic heterocycles. The molecule has 0 saturated heterocycles. The van der Waals surface area contributed by atoms with Crippen molar-refractivity contribution in [2.75, 3.05) is 34.1 Å². The fourth-order valence-electron chi connectivity index (χ4n) is 6.74. The van der Waals surface area contributed by atoms with Crippen molar-refractivity contribution in [3.05, 3.63) is 71.0 Å². The maximum atomic E-state index is 14.2. The molecule has 2 heterocycles. The summed E-state index contributed by atoms with van der Waals surface area (Å²) >= 11 is 0. The van der Waals surface area contributed by atoms with Crippen LogP contribution in [0.2, 0.25) is 0 Å². The van der Waals surface area contributed by atoms with Crippen LogP contribution >= 0.6 is 0 Å². The second kappa shape index (κ2) is 16.7. The number of hydrogen-bond acceptors (Lipinski definition) is 10. The Balaban J connectivity index is 1.62. The third-order valence-corrected chi connectivity index (χ3v) is 9.52. The van der Waals surface area contributed by atoms with E-state index < -0.39 is 35.7 Å². The molecule has 0 bridgehead atoms. The molecule has 4 rings (SSSR count). The highest BCUT2D eigenvalue weighted by atomic mass is 16.7. The number of esters is 2. The molecular formula is C38H53NO9. The molecule has 10 nitrogen and oxygen atoms in total. The van der Waals surface area contributed by atoms with Crippen LogP contribution in [0.1, 0.15) is 89.3 Å². The van der Waals surface area contributed by atoms with E-state index in [-0.39, 0.29) is 25.2 Å². The molecular weight excluding hydrogens is 614 g/mol. The minimum Gasteiger partial charge on any atom is -0.497 e. The first kappa shape index (κ1) is 37.2. The molecule has 0 radical (unpaired) electrons. The molecule has 0 spiro atoms. The van der Waals surface area contributed by atoms with Crippen LogP contribution in [-0.4, -0.2) is 79.4 Å². The van der Waals surface area contributed by atoms with E-state index in [1.807, 2.05) is 63.2 Å². The minimum atomic E-state index is -2.14. The van der Waals surface area contributed by atoms with E-state index in [0.29, 0.717) is 36.7 Å². The Morgan fingerprint density at radius 3 is 2.44 bits per heavy atom. The van der Waals surface area contributed by atoms with Crippen molar-refractivity contribution < 1.29 is 43.1 Å². The summed E-state index contributed by atoms with van der Waals surface area (Å²) in [5, 5.41) is 11.9. The Morgan fingerprint density at radius 2 is 1.79 bits per heavy atom. The van der Waals surface area contributed by atoms with Gasteiger partial charge >= 0.3 is 11.9 Å². The smallest absolute Gasteiger partial charge is 0.339 e. The fourth-order valence-corrected chi connectivity index (χ4v) is 6.74. The molecule has 0 fully saturated rings. The monoisotopic (exact) mass is 667 g/mol. The van der Waals surface area contributed by atoms with Crippen molar-refractivity contribution >= 4 is 11.9 Å². The van der Waals surface area contributed by atoms with E-state index >= 15 is 0 Å². The van der Waals surface area contributed by atoms with E-state index in [2.05, 4.69) is 18.7 Å². The molecule has 2 aromatic carbocycles. The van der Waals surface area contributed by atoms with Crippen molar-refractivity contribution in [1.82, 2.24) is 4.90 Å². The van der Waals surface area contributed by atoms with E-state index in [0.717, 1.165) is 42.6 Å². The molecule has 0 saturated carbocycles. The topological polar surface area (TPSA) is 113 Å². The number of carbonyl (C=O) groups is 2. The lowest BCUT2D eigenvalue weighted by molar-refractivity contribution is -0.179. The Kier molecular flexibility index (Phi) is 12.9. The zero-order valence-electron chi connectivity index (χ0n) is 29.6. The molecule has 2 aliphatic heterocycles. The van der Waals surface area contributed by atoms with Gasteiger partial charge in [-0.05, 0) is 101 Å². The molecule has 4 atom stereocenters. The lowest BCUT2D eigenvalue weighted by Crippen LogP contribution is -2.48. The second-order valence-corrected chi connectivity index (χ2v) is 13.3. The number of aliphatic hydroxyl groups is 1. The molecule has 10 heteroatoms. The van der Waals surface area contributed by atoms with Gasteiger partial charge in [-0.25, -0.2) is 4.79 Å². The van der Waals surface area contributed by atoms with Crippen LogP contribution < -0.4 is 9.47 Å². The summed E-state index contributed by atoms with van der Waals surface area (Å²) in [6, 6.07) is 13.8. The normalized spacial score (nSPS) is 19.9. The number of hydrogen-bond donors (Lipinski definition) is 1. The molecule has 48 heavy (non-hydrogen) atoms. The molecule has 2 aromatic rings. The van der Waals surface area contributed by atoms with Gasteiger partial charge in [-0.15, -0.1) is 0 Å². The summed E-state index contributed by atoms with van der Waals surface area (Å²) in [7, 11) is 2.77. The van der Waals surface area contributed by atoms with Gasteiger partial charge < -0.3 is 33.5 Å². The highest BCUT2D eigenvalue weighted by Crippen LogP contribution is 2.44. The number of methoxy groups -OCH3 is 2. The standard InChI is InChI=1S/C38H53NO9/c1-8-19-39-20-16-28-21-31-32(46-25-45-31)22-29(28)34(26(39)3)35(30(9-2)43-6)48-36(41)38(42,23-33(40)44-7)18-13-17-37(4,5)47-24-27-14-11-10-12-15-27/h9-12,14-15,21-22,26,34-35,42H,8,13,16-20,23-25H2,1-7H3/b30-9+/t26-,34+,35+,38+/m0/s1. The van der Waals surface area contributed by atoms with Gasteiger partial charge in [0.05, 0.1) is 32.8 Å². The maximum Gasteiger partial charge on any atom is 0.339 e. The number of ether oxygens (including phenoxy) is 6. The highest BCUT2D eigenvalue weighted by molar-refractivity contribution is 5.86. The molecule has 264 valence electrons. The first-order valence-corrected chi connectivity index (χ1v) is 17.0. The predicted molar refractivity (Wildman–Crippen MR) is 182 cm³/mol. The Hall–Kier alpha value is -3.60. The van der Waals surface area contributed by atoms with E-state index in [1.165, 1.54) is 7.11 Å². The summed E-state index contributed by atoms with van der Waals surface area (Å²) in [5.41, 5.74) is 0.411. The first-order valence-electron chi connectivity index (χ1n) is 17.0. The number of carbonyl (C=O) groups excluding carboxylic acids is 2. The highest BCUT2D eigenvalue weighted by Gasteiger charge is 2.46. The summed E-state index contributed by atoms with van der Waals surface area (Å²) in [4.78, 5) is 29.2. The van der Waals surface area contributed by atoms with Crippen LogP contribution in [-0.2, 0) is 41.6 Å². The number of nitrogens with zero attached hydrogens (tertiary/aromatic N) is 1. The number of rotatable bonds is 16. The van der Waals surface area contributed by atoms with Gasteiger partial charge in [-0.2, -0.15) is 0 Å². The van der Waals surface area contributed by atoms with Gasteiger partial charge in [0, 0.05) is 18.5 Å². The Bertz CT molecular complexity index is 1410. The van der Waals surface area contributed by atoms with E-state index in [9.17, 15) is 14.7 Å². The van der Waals surface area contributed by atoms with Gasteiger partial charge in [0.2, 0.25) is 6.79 Å². The average molecular weight is 668 g/mol. The lowest BCUT2D eigenvalue weighted by Gasteiger charge is -2.38. The third kappa shape index (κ3) is 9.09. The van der Waals surface area contributed by atoms with Crippen LogP contribution in [0.3, 0.4) is 0 Å². The molecule has 2 aliphatic rings. The van der Waals surface area contributed by atoms with Crippen molar-refractivity contribution in [2.45, 2.75) is 109 Å². The van der Waals surface area contributed by atoms with Crippen LogP contribution in [0.25, 0.3) is 0 Å². The van der Waals surface area contributed by atoms with E-state index in [1.54, 1.807) is 13.2 Å². The number of allylic oxidation sites excluding steroid dienone is 1. The van der Waals surface area contributed by atoms with Crippen molar-refractivity contribution in [2.24, 2.45) is 0 Å². The predicted octanol–water partition coefficient (Wildman–Crippen LogP) is 6.08. The summed E-state index contributed by atoms with van der Waals surface area (Å²) in [6.45, 7) is 12.3. The van der Waals surface area contributed by atoms with Crippen LogP contribution in [0.5, 0.6) is 11.5 Å². The van der Waals surface area contributed by atoms with E-state index in [4.69, 9.17) is 28.4 Å². The summed E-state index contributed by atoms with van der Waals surface area (Å²) < 4.78 is 34.7. The summed E-state index contributed by atoms with van der Waals surface area (Å²) in [5.74, 6) is -0.224. The van der Waals surface area contributed by atoms with Crippen molar-refractivity contribution in [3.8, 4) is 11.5 Å². The summed E-state index contributed by atoms with van der Waals surface area (Å²) in [6.07, 6.45) is 2.95. The number of fused-ring (bicyclic) bond motifs is 2. The van der Waals surface area contributed by atoms with Crippen LogP contribution in [0.4, 0.5) is 0 Å². The van der Waals surface area contributed by atoms with Crippen molar-refractivity contribution in [1.29, 1.82) is 0 Å². The Morgan fingerprint density at radius 1 is 1.08 bits per heavy atom. The molecule has 0 unspecified atom stereocenters. The SMILES string of the molecule is C/C=C(/OC)[C@@H](OC(=O)[C@@](O)(CCCC(C)(C)OCc1ccccc1)CC(=O)OC)[C@H]1c2cc3c(cc2CCN(CCC)[C@H]1C)OCO3. The van der Waals surface area contributed by atoms with Gasteiger partial charge in [0.1, 0.15) is 5.76 Å². The molecule has 0 aliphatic carbocycles. The van der Waals surface area contributed by atoms with Gasteiger partial charge in [-0.1, -0.05) is 37.3 Å². The largest absolute Gasteiger partial charge is 0.497 e. The van der Waals surface area contributed by atoms with Gasteiger partial charge in [0.25, 0.3) is 0 Å². The second-order valence-electron chi connectivity index (χ2n) is 13.3. The van der Waals surface area contributed by atoms with Crippen LogP contribution in [0, 0.1) is 0 Å². The minimum absolute atomic E-state index is 0.0264. The fraction of sp³-hybridized carbons (Fsp3) is 0.579. The van der Waals surface area contributed by atoms with Crippen LogP contribution in [0.15, 0.2) is 54.3 Å². The quantitative estimate of drug-likeness (QED) is 0.167. The third-order valence-electron chi connectivity index (χ3n) is 9.52. The van der Waals surface area contributed by atoms with Crippen molar-refractivity contribution in [3.63, 3.8) is 0 Å². The number of benzene rings is 2. The molecule has 1 N–H and O–H groups in total. The zero-order chi connectivity index (χ0) is 34.9. The maximum absolute atomic E-state index is 14.2. The molecule has 0 amide bonds. The zero-order valence-corrected chi connectivity index (χ0v) is 29.6. The van der Waals surface area contributed by atoms with Gasteiger partial charge in [0.15, 0.2) is 23.2 Å². The van der Waals surface area contributed by atoms with Gasteiger partial charge in [-0.3, -0.25) is 9.69 Å². The lowest BCUT2D eigenvalue weighted by atomic mass is 9.83. The average Bonchev–Trinajstić information content (AvgIpc) is 3.49. The Labute approximate surface area is 285 Å².